The molecule has 1 atom stereocenters. The van der Waals surface area contributed by atoms with Gasteiger partial charge < -0.3 is 4.57 Å². The molecule has 0 bridgehead atoms. The van der Waals surface area contributed by atoms with Crippen LogP contribution in [-0.2, 0) is 6.42 Å². The van der Waals surface area contributed by atoms with Gasteiger partial charge >= 0.3 is 0 Å². The highest BCUT2D eigenvalue weighted by molar-refractivity contribution is 6.26. The van der Waals surface area contributed by atoms with Crippen LogP contribution in [0.3, 0.4) is 0 Å². The van der Waals surface area contributed by atoms with Gasteiger partial charge in [0.2, 0.25) is 0 Å². The van der Waals surface area contributed by atoms with Crippen LogP contribution in [0.4, 0.5) is 0 Å². The number of benzene rings is 1. The van der Waals surface area contributed by atoms with E-state index in [4.69, 9.17) is 0 Å². The number of nitrogens with zero attached hydrogens (tertiary/aromatic N) is 1. The van der Waals surface area contributed by atoms with Crippen molar-refractivity contribution in [1.82, 2.24) is 4.57 Å². The normalized spacial score (nSPS) is 19.4. The van der Waals surface area contributed by atoms with E-state index in [0.29, 0.717) is 11.1 Å². The van der Waals surface area contributed by atoms with E-state index in [1.54, 1.807) is 0 Å². The third kappa shape index (κ3) is 1.51. The van der Waals surface area contributed by atoms with Gasteiger partial charge in [-0.25, -0.2) is 0 Å². The van der Waals surface area contributed by atoms with Gasteiger partial charge in [0.1, 0.15) is 0 Å². The Labute approximate surface area is 130 Å². The summed E-state index contributed by atoms with van der Waals surface area (Å²) in [5, 5.41) is 0. The number of rotatable bonds is 1. The summed E-state index contributed by atoms with van der Waals surface area (Å²) >= 11 is 0. The maximum Gasteiger partial charge on any atom is 0.196 e. The molecule has 2 aliphatic rings. The predicted octanol–water partition coefficient (Wildman–Crippen LogP) is 4.05. The van der Waals surface area contributed by atoms with Crippen molar-refractivity contribution in [3.05, 3.63) is 46.6 Å². The average molecular weight is 293 g/mol. The molecule has 3 heteroatoms. The van der Waals surface area contributed by atoms with E-state index in [1.165, 1.54) is 0 Å². The summed E-state index contributed by atoms with van der Waals surface area (Å²) in [6.07, 6.45) is 1.75. The van der Waals surface area contributed by atoms with Crippen LogP contribution in [0.25, 0.3) is 11.3 Å². The number of carbonyl (C=O) groups is 2. The number of hydrogen-bond acceptors (Lipinski definition) is 2. The molecule has 0 amide bonds. The van der Waals surface area contributed by atoms with Gasteiger partial charge in [-0.3, -0.25) is 9.59 Å². The van der Waals surface area contributed by atoms with Crippen LogP contribution in [0.5, 0.6) is 0 Å². The smallest absolute Gasteiger partial charge is 0.196 e. The van der Waals surface area contributed by atoms with Gasteiger partial charge in [0.15, 0.2) is 11.6 Å². The van der Waals surface area contributed by atoms with Gasteiger partial charge in [-0.05, 0) is 26.7 Å². The zero-order valence-corrected chi connectivity index (χ0v) is 13.1. The van der Waals surface area contributed by atoms with Crippen LogP contribution in [0, 0.1) is 5.92 Å². The number of hydrogen-bond donors (Lipinski definition) is 0. The molecular weight excluding hydrogens is 274 g/mol. The maximum atomic E-state index is 12.9. The van der Waals surface area contributed by atoms with Crippen molar-refractivity contribution in [2.24, 2.45) is 5.92 Å². The molecule has 4 rings (SSSR count). The van der Waals surface area contributed by atoms with Crippen molar-refractivity contribution >= 4 is 11.6 Å². The van der Waals surface area contributed by atoms with E-state index in [2.05, 4.69) is 18.4 Å². The van der Waals surface area contributed by atoms with Crippen LogP contribution >= 0.6 is 0 Å². The molecule has 0 aliphatic heterocycles. The quantitative estimate of drug-likeness (QED) is 0.679. The van der Waals surface area contributed by atoms with Crippen molar-refractivity contribution < 1.29 is 9.59 Å². The van der Waals surface area contributed by atoms with Crippen molar-refractivity contribution in [3.63, 3.8) is 0 Å². The molecule has 1 heterocycles. The standard InChI is InChI=1S/C19H19NO2/c1-10(2)20-14-9-8-11(3)18(21)15(14)16-17(20)12-6-4-5-7-13(12)19(16)22/h4-7,10-11H,8-9H2,1-3H3. The van der Waals surface area contributed by atoms with Crippen molar-refractivity contribution in [3.8, 4) is 11.3 Å². The van der Waals surface area contributed by atoms with Crippen LogP contribution in [-0.4, -0.2) is 16.1 Å². The van der Waals surface area contributed by atoms with Crippen molar-refractivity contribution in [2.75, 3.05) is 0 Å². The van der Waals surface area contributed by atoms with E-state index in [1.807, 2.05) is 31.2 Å². The second-order valence-electron chi connectivity index (χ2n) is 6.69. The number of ketones is 2. The van der Waals surface area contributed by atoms with Crippen molar-refractivity contribution in [1.29, 1.82) is 0 Å². The van der Waals surface area contributed by atoms with Crippen LogP contribution in [0.1, 0.15) is 65.2 Å². The number of Topliss-reactive ketones (excluding diaryl/α,β-unsaturated/α-hetero) is 1. The Morgan fingerprint density at radius 1 is 1.09 bits per heavy atom. The molecule has 112 valence electrons. The fourth-order valence-electron chi connectivity index (χ4n) is 3.96. The lowest BCUT2D eigenvalue weighted by molar-refractivity contribution is 0.0904. The molecule has 0 N–H and O–H groups in total. The van der Waals surface area contributed by atoms with Gasteiger partial charge in [-0.1, -0.05) is 31.2 Å². The van der Waals surface area contributed by atoms with Crippen LogP contribution in [0.2, 0.25) is 0 Å². The first-order valence-electron chi connectivity index (χ1n) is 7.97. The average Bonchev–Trinajstić information content (AvgIpc) is 2.98. The summed E-state index contributed by atoms with van der Waals surface area (Å²) in [6, 6.07) is 7.95. The van der Waals surface area contributed by atoms with E-state index in [0.717, 1.165) is 35.4 Å². The predicted molar refractivity (Wildman–Crippen MR) is 85.5 cm³/mol. The lowest BCUT2D eigenvalue weighted by Crippen LogP contribution is -2.23. The minimum Gasteiger partial charge on any atom is -0.341 e. The number of fused-ring (bicyclic) bond motifs is 5. The van der Waals surface area contributed by atoms with E-state index < -0.39 is 0 Å². The van der Waals surface area contributed by atoms with Gasteiger partial charge in [-0.2, -0.15) is 0 Å². The Kier molecular flexibility index (Phi) is 2.71. The highest BCUT2D eigenvalue weighted by atomic mass is 16.1. The second kappa shape index (κ2) is 4.42. The summed E-state index contributed by atoms with van der Waals surface area (Å²) in [6.45, 7) is 6.21. The topological polar surface area (TPSA) is 39.1 Å². The molecule has 0 radical (unpaired) electrons. The largest absolute Gasteiger partial charge is 0.341 e. The van der Waals surface area contributed by atoms with Crippen LogP contribution < -0.4 is 0 Å². The maximum absolute atomic E-state index is 12.9. The Balaban J connectivity index is 2.12. The summed E-state index contributed by atoms with van der Waals surface area (Å²) in [7, 11) is 0. The number of carbonyl (C=O) groups excluding carboxylic acids is 2. The van der Waals surface area contributed by atoms with E-state index in [9.17, 15) is 9.59 Å². The summed E-state index contributed by atoms with van der Waals surface area (Å²) in [5.41, 5.74) is 5.08. The zero-order valence-electron chi connectivity index (χ0n) is 13.1. The Morgan fingerprint density at radius 2 is 1.77 bits per heavy atom. The summed E-state index contributed by atoms with van der Waals surface area (Å²) in [5.74, 6) is 0.165. The molecule has 0 spiro atoms. The Morgan fingerprint density at radius 3 is 2.45 bits per heavy atom. The highest BCUT2D eigenvalue weighted by Crippen LogP contribution is 2.45. The van der Waals surface area contributed by atoms with Gasteiger partial charge in [-0.15, -0.1) is 0 Å². The lowest BCUT2D eigenvalue weighted by Gasteiger charge is -2.23. The fourth-order valence-corrected chi connectivity index (χ4v) is 3.96. The summed E-state index contributed by atoms with van der Waals surface area (Å²) in [4.78, 5) is 25.6. The molecule has 0 saturated heterocycles. The lowest BCUT2D eigenvalue weighted by atomic mass is 9.85. The molecule has 1 aromatic heterocycles. The zero-order chi connectivity index (χ0) is 15.6. The van der Waals surface area contributed by atoms with E-state index >= 15 is 0 Å². The molecule has 2 aliphatic carbocycles. The molecule has 3 nitrogen and oxygen atoms in total. The second-order valence-corrected chi connectivity index (χ2v) is 6.69. The third-order valence-electron chi connectivity index (χ3n) is 4.99. The van der Waals surface area contributed by atoms with E-state index in [-0.39, 0.29) is 23.5 Å². The first kappa shape index (κ1) is 13.5. The fraction of sp³-hybridized carbons (Fsp3) is 0.368. The molecule has 0 fully saturated rings. The minimum atomic E-state index is 0.0103. The minimum absolute atomic E-state index is 0.0103. The molecular formula is C19H19NO2. The van der Waals surface area contributed by atoms with Crippen molar-refractivity contribution in [2.45, 2.75) is 39.7 Å². The molecule has 0 saturated carbocycles. The molecule has 2 aromatic rings. The van der Waals surface area contributed by atoms with Gasteiger partial charge in [0.25, 0.3) is 0 Å². The first-order valence-corrected chi connectivity index (χ1v) is 7.97. The van der Waals surface area contributed by atoms with Crippen LogP contribution in [0.15, 0.2) is 24.3 Å². The molecule has 1 aromatic carbocycles. The van der Waals surface area contributed by atoms with Gasteiger partial charge in [0.05, 0.1) is 16.8 Å². The molecule has 22 heavy (non-hydrogen) atoms. The highest BCUT2D eigenvalue weighted by Gasteiger charge is 2.41. The molecule has 1 unspecified atom stereocenters. The monoisotopic (exact) mass is 293 g/mol. The first-order chi connectivity index (χ1) is 10.5. The number of aromatic nitrogens is 1. The summed E-state index contributed by atoms with van der Waals surface area (Å²) < 4.78 is 2.22. The Hall–Kier alpha value is -2.16. The Bertz CT molecular complexity index is 826. The third-order valence-corrected chi connectivity index (χ3v) is 4.99. The van der Waals surface area contributed by atoms with Gasteiger partial charge in [0, 0.05) is 28.8 Å². The SMILES string of the molecule is CC1CCc2c(c3c(n2C(C)C)-c2ccccc2C3=O)C1=O.